The Morgan fingerprint density at radius 2 is 1.88 bits per heavy atom. The Balaban J connectivity index is 1.45. The first-order valence-electron chi connectivity index (χ1n) is 11.1. The summed E-state index contributed by atoms with van der Waals surface area (Å²) in [6.45, 7) is 7.05. The normalized spacial score (nSPS) is 19.8. The molecule has 0 aliphatic carbocycles. The summed E-state index contributed by atoms with van der Waals surface area (Å²) in [5.41, 5.74) is 2.95. The molecular weight excluding hydrogens is 492 g/mol. The second-order valence-corrected chi connectivity index (χ2v) is 11.4. The van der Waals surface area contributed by atoms with Gasteiger partial charge in [0.1, 0.15) is 5.75 Å². The highest BCUT2D eigenvalue weighted by molar-refractivity contribution is 9.10. The molecule has 172 valence electrons. The Bertz CT molecular complexity index is 1130. The van der Waals surface area contributed by atoms with Crippen molar-refractivity contribution in [1.82, 2.24) is 4.31 Å². The molecule has 2 aliphatic heterocycles. The minimum absolute atomic E-state index is 0.104. The van der Waals surface area contributed by atoms with E-state index in [2.05, 4.69) is 28.9 Å². The van der Waals surface area contributed by atoms with E-state index in [1.807, 2.05) is 30.9 Å². The predicted octanol–water partition coefficient (Wildman–Crippen LogP) is 4.53. The van der Waals surface area contributed by atoms with E-state index >= 15 is 0 Å². The van der Waals surface area contributed by atoms with Gasteiger partial charge >= 0.3 is 0 Å². The van der Waals surface area contributed by atoms with E-state index in [9.17, 15) is 13.2 Å². The standard InChI is InChI=1S/C24H29BrN2O4S/c1-4-31-23-8-6-21(13-16(23)2)32(29,30)26-11-9-18(10-12-26)24(28)27-17(3)14-19-15-20(25)5-7-22(19)27/h5-8,13,15,17-18H,4,9-12,14H2,1-3H3. The van der Waals surface area contributed by atoms with Gasteiger partial charge in [-0.2, -0.15) is 4.31 Å². The summed E-state index contributed by atoms with van der Waals surface area (Å²) in [6, 6.07) is 11.1. The number of aryl methyl sites for hydroxylation is 1. The Kier molecular flexibility index (Phi) is 6.66. The molecule has 0 aromatic heterocycles. The lowest BCUT2D eigenvalue weighted by molar-refractivity contribution is -0.123. The molecule has 0 radical (unpaired) electrons. The van der Waals surface area contributed by atoms with Crippen molar-refractivity contribution in [2.75, 3.05) is 24.6 Å². The Morgan fingerprint density at radius 1 is 1.16 bits per heavy atom. The molecule has 1 atom stereocenters. The zero-order valence-corrected chi connectivity index (χ0v) is 21.1. The van der Waals surface area contributed by atoms with E-state index in [0.29, 0.717) is 38.3 Å². The number of nitrogens with zero attached hydrogens (tertiary/aromatic N) is 2. The minimum Gasteiger partial charge on any atom is -0.494 e. The molecule has 4 rings (SSSR count). The summed E-state index contributed by atoms with van der Waals surface area (Å²) >= 11 is 3.51. The van der Waals surface area contributed by atoms with Gasteiger partial charge in [0.25, 0.3) is 0 Å². The van der Waals surface area contributed by atoms with E-state index in [4.69, 9.17) is 4.74 Å². The van der Waals surface area contributed by atoms with E-state index in [1.54, 1.807) is 18.2 Å². The van der Waals surface area contributed by atoms with Crippen LogP contribution in [0.15, 0.2) is 45.8 Å². The number of ether oxygens (including phenoxy) is 1. The zero-order chi connectivity index (χ0) is 23.0. The van der Waals surface area contributed by atoms with Crippen LogP contribution in [0.1, 0.15) is 37.8 Å². The number of carbonyl (C=O) groups is 1. The summed E-state index contributed by atoms with van der Waals surface area (Å²) in [6.07, 6.45) is 1.90. The summed E-state index contributed by atoms with van der Waals surface area (Å²) in [5, 5.41) is 0. The summed E-state index contributed by atoms with van der Waals surface area (Å²) in [7, 11) is -3.60. The van der Waals surface area contributed by atoms with Crippen LogP contribution in [-0.2, 0) is 21.2 Å². The van der Waals surface area contributed by atoms with Gasteiger partial charge in [-0.3, -0.25) is 4.79 Å². The van der Waals surface area contributed by atoms with Gasteiger partial charge in [-0.15, -0.1) is 0 Å². The highest BCUT2D eigenvalue weighted by Crippen LogP contribution is 2.37. The first-order valence-corrected chi connectivity index (χ1v) is 13.3. The molecule has 8 heteroatoms. The van der Waals surface area contributed by atoms with Gasteiger partial charge in [-0.1, -0.05) is 15.9 Å². The van der Waals surface area contributed by atoms with E-state index < -0.39 is 10.0 Å². The maximum atomic E-state index is 13.4. The third-order valence-electron chi connectivity index (χ3n) is 6.38. The lowest BCUT2D eigenvalue weighted by Crippen LogP contribution is -2.46. The minimum atomic E-state index is -3.60. The van der Waals surface area contributed by atoms with Crippen molar-refractivity contribution in [1.29, 1.82) is 0 Å². The number of anilines is 1. The lowest BCUT2D eigenvalue weighted by Gasteiger charge is -2.34. The van der Waals surface area contributed by atoms with E-state index in [-0.39, 0.29) is 22.8 Å². The van der Waals surface area contributed by atoms with Crippen LogP contribution in [0.2, 0.25) is 0 Å². The van der Waals surface area contributed by atoms with Crippen LogP contribution in [0.3, 0.4) is 0 Å². The van der Waals surface area contributed by atoms with Gasteiger partial charge in [0.15, 0.2) is 0 Å². The van der Waals surface area contributed by atoms with Gasteiger partial charge < -0.3 is 9.64 Å². The van der Waals surface area contributed by atoms with Crippen LogP contribution < -0.4 is 9.64 Å². The van der Waals surface area contributed by atoms with Crippen molar-refractivity contribution in [2.45, 2.75) is 51.0 Å². The second-order valence-electron chi connectivity index (χ2n) is 8.57. The third-order valence-corrected chi connectivity index (χ3v) is 8.77. The van der Waals surface area contributed by atoms with Crippen molar-refractivity contribution in [2.24, 2.45) is 5.92 Å². The first kappa shape index (κ1) is 23.3. The molecule has 2 heterocycles. The molecule has 6 nitrogen and oxygen atoms in total. The molecule has 2 aromatic carbocycles. The van der Waals surface area contributed by atoms with Crippen LogP contribution in [0, 0.1) is 12.8 Å². The van der Waals surface area contributed by atoms with Crippen LogP contribution in [-0.4, -0.2) is 44.4 Å². The monoisotopic (exact) mass is 520 g/mol. The fourth-order valence-electron chi connectivity index (χ4n) is 4.72. The fraction of sp³-hybridized carbons (Fsp3) is 0.458. The van der Waals surface area contributed by atoms with Crippen molar-refractivity contribution in [3.63, 3.8) is 0 Å². The maximum Gasteiger partial charge on any atom is 0.243 e. The summed E-state index contributed by atoms with van der Waals surface area (Å²) in [4.78, 5) is 15.5. The Morgan fingerprint density at radius 3 is 2.53 bits per heavy atom. The lowest BCUT2D eigenvalue weighted by atomic mass is 9.96. The summed E-state index contributed by atoms with van der Waals surface area (Å²) < 4.78 is 34.4. The molecule has 1 fully saturated rings. The first-order chi connectivity index (χ1) is 15.2. The van der Waals surface area contributed by atoms with Crippen LogP contribution in [0.5, 0.6) is 5.75 Å². The average Bonchev–Trinajstić information content (AvgIpc) is 3.09. The summed E-state index contributed by atoms with van der Waals surface area (Å²) in [5.74, 6) is 0.635. The van der Waals surface area contributed by atoms with E-state index in [0.717, 1.165) is 22.1 Å². The highest BCUT2D eigenvalue weighted by atomic mass is 79.9. The van der Waals surface area contributed by atoms with Crippen molar-refractivity contribution in [3.05, 3.63) is 52.0 Å². The number of rotatable bonds is 5. The van der Waals surface area contributed by atoms with Crippen LogP contribution in [0.25, 0.3) is 0 Å². The van der Waals surface area contributed by atoms with E-state index in [1.165, 1.54) is 9.87 Å². The maximum absolute atomic E-state index is 13.4. The third kappa shape index (κ3) is 4.32. The van der Waals surface area contributed by atoms with Crippen molar-refractivity contribution in [3.8, 4) is 5.75 Å². The topological polar surface area (TPSA) is 66.9 Å². The average molecular weight is 521 g/mol. The van der Waals surface area contributed by atoms with Crippen LogP contribution >= 0.6 is 15.9 Å². The number of hydrogen-bond donors (Lipinski definition) is 0. The molecule has 0 spiro atoms. The molecule has 2 aliphatic rings. The number of hydrogen-bond acceptors (Lipinski definition) is 4. The largest absolute Gasteiger partial charge is 0.494 e. The van der Waals surface area contributed by atoms with Gasteiger partial charge in [0.2, 0.25) is 15.9 Å². The number of benzene rings is 2. The fourth-order valence-corrected chi connectivity index (χ4v) is 6.69. The van der Waals surface area contributed by atoms with Gasteiger partial charge in [-0.05, 0) is 87.6 Å². The molecule has 32 heavy (non-hydrogen) atoms. The zero-order valence-electron chi connectivity index (χ0n) is 18.7. The number of halogens is 1. The highest BCUT2D eigenvalue weighted by Gasteiger charge is 2.38. The number of fused-ring (bicyclic) bond motifs is 1. The quantitative estimate of drug-likeness (QED) is 0.580. The molecule has 0 saturated carbocycles. The van der Waals surface area contributed by atoms with Gasteiger partial charge in [-0.25, -0.2) is 8.42 Å². The molecule has 0 bridgehead atoms. The molecule has 1 saturated heterocycles. The number of piperidine rings is 1. The van der Waals surface area contributed by atoms with Crippen LogP contribution in [0.4, 0.5) is 5.69 Å². The Labute approximate surface area is 198 Å². The number of sulfonamides is 1. The van der Waals surface area contributed by atoms with Gasteiger partial charge in [0.05, 0.1) is 11.5 Å². The van der Waals surface area contributed by atoms with Gasteiger partial charge in [0, 0.05) is 35.2 Å². The molecule has 2 aromatic rings. The molecule has 0 N–H and O–H groups in total. The smallest absolute Gasteiger partial charge is 0.243 e. The predicted molar refractivity (Wildman–Crippen MR) is 129 cm³/mol. The SMILES string of the molecule is CCOc1ccc(S(=O)(=O)N2CCC(C(=O)N3c4ccc(Br)cc4CC3C)CC2)cc1C. The Hall–Kier alpha value is -1.90. The second kappa shape index (κ2) is 9.15. The molecular formula is C24H29BrN2O4S. The van der Waals surface area contributed by atoms with Crippen molar-refractivity contribution < 1.29 is 17.9 Å². The molecule has 1 unspecified atom stereocenters. The van der Waals surface area contributed by atoms with Crippen molar-refractivity contribution >= 4 is 37.5 Å². The number of amides is 1. The molecule has 1 amide bonds. The number of carbonyl (C=O) groups excluding carboxylic acids is 1.